The molecule has 1 aliphatic heterocycles. The summed E-state index contributed by atoms with van der Waals surface area (Å²) in [4.78, 5) is 11.9. The molecule has 2 rings (SSSR count). The molecule has 2 aliphatic rings. The van der Waals surface area contributed by atoms with Gasteiger partial charge in [0.1, 0.15) is 5.92 Å². The van der Waals surface area contributed by atoms with Gasteiger partial charge in [0.25, 0.3) is 0 Å². The Kier molecular flexibility index (Phi) is 3.68. The monoisotopic (exact) mass is 236 g/mol. The van der Waals surface area contributed by atoms with Gasteiger partial charge in [-0.05, 0) is 31.6 Å². The van der Waals surface area contributed by atoms with Crippen LogP contribution in [-0.2, 0) is 4.79 Å². The predicted octanol–water partition coefficient (Wildman–Crippen LogP) is 1.20. The van der Waals surface area contributed by atoms with E-state index in [2.05, 4.69) is 18.3 Å². The third kappa shape index (κ3) is 2.16. The summed E-state index contributed by atoms with van der Waals surface area (Å²) in [5, 5.41) is 22.2. The van der Waals surface area contributed by atoms with Crippen LogP contribution >= 0.6 is 0 Å². The Balaban J connectivity index is 2.25. The number of nitriles is 1. The fourth-order valence-corrected chi connectivity index (χ4v) is 3.49. The topological polar surface area (TPSA) is 73.1 Å². The van der Waals surface area contributed by atoms with Crippen LogP contribution in [0, 0.1) is 29.1 Å². The number of piperidine rings is 1. The van der Waals surface area contributed by atoms with E-state index in [0.717, 1.165) is 32.1 Å². The summed E-state index contributed by atoms with van der Waals surface area (Å²) in [5.74, 6) is -0.615. The zero-order valence-corrected chi connectivity index (χ0v) is 10.2. The number of rotatable bonds is 2. The summed E-state index contributed by atoms with van der Waals surface area (Å²) in [6, 6.07) is 2.20. The van der Waals surface area contributed by atoms with Crippen LogP contribution in [0.5, 0.6) is 0 Å². The molecule has 1 saturated heterocycles. The van der Waals surface area contributed by atoms with Crippen LogP contribution in [0.25, 0.3) is 0 Å². The van der Waals surface area contributed by atoms with Gasteiger partial charge in [0.15, 0.2) is 0 Å². The van der Waals surface area contributed by atoms with Gasteiger partial charge < -0.3 is 10.4 Å². The quantitative estimate of drug-likeness (QED) is 0.756. The molecule has 1 heterocycles. The van der Waals surface area contributed by atoms with Crippen molar-refractivity contribution < 1.29 is 9.90 Å². The molecule has 2 fully saturated rings. The van der Waals surface area contributed by atoms with Crippen LogP contribution < -0.4 is 5.32 Å². The first-order chi connectivity index (χ1) is 8.19. The minimum Gasteiger partial charge on any atom is -0.393 e. The van der Waals surface area contributed by atoms with Crippen molar-refractivity contribution in [3.05, 3.63) is 0 Å². The van der Waals surface area contributed by atoms with Crippen molar-refractivity contribution in [1.29, 1.82) is 5.26 Å². The van der Waals surface area contributed by atoms with Crippen molar-refractivity contribution in [2.75, 3.05) is 0 Å². The molecule has 94 valence electrons. The lowest BCUT2D eigenvalue weighted by Gasteiger charge is -2.46. The number of aliphatic hydroxyl groups excluding tert-OH is 1. The van der Waals surface area contributed by atoms with E-state index in [1.54, 1.807) is 0 Å². The summed E-state index contributed by atoms with van der Waals surface area (Å²) in [7, 11) is 0. The van der Waals surface area contributed by atoms with E-state index in [9.17, 15) is 9.90 Å². The molecular formula is C13H20N2O2. The lowest BCUT2D eigenvalue weighted by atomic mass is 9.66. The summed E-state index contributed by atoms with van der Waals surface area (Å²) >= 11 is 0. The Labute approximate surface area is 102 Å². The average Bonchev–Trinajstić information content (AvgIpc) is 2.29. The number of fused-ring (bicyclic) bond motifs is 1. The highest BCUT2D eigenvalue weighted by atomic mass is 16.3. The van der Waals surface area contributed by atoms with Crippen molar-refractivity contribution in [1.82, 2.24) is 5.32 Å². The van der Waals surface area contributed by atoms with Gasteiger partial charge in [-0.2, -0.15) is 5.26 Å². The van der Waals surface area contributed by atoms with Gasteiger partial charge in [-0.25, -0.2) is 0 Å². The molecule has 0 aromatic rings. The van der Waals surface area contributed by atoms with Crippen LogP contribution in [0.2, 0.25) is 0 Å². The molecule has 0 radical (unpaired) electrons. The second kappa shape index (κ2) is 5.05. The highest BCUT2D eigenvalue weighted by Crippen LogP contribution is 2.40. The Hall–Kier alpha value is -1.08. The average molecular weight is 236 g/mol. The second-order valence-electron chi connectivity index (χ2n) is 5.25. The lowest BCUT2D eigenvalue weighted by molar-refractivity contribution is -0.134. The first-order valence-electron chi connectivity index (χ1n) is 6.57. The highest BCUT2D eigenvalue weighted by molar-refractivity contribution is 5.82. The Morgan fingerprint density at radius 1 is 1.53 bits per heavy atom. The number of nitrogens with one attached hydrogen (secondary N) is 1. The number of hydrogen-bond acceptors (Lipinski definition) is 3. The van der Waals surface area contributed by atoms with E-state index < -0.39 is 5.92 Å². The molecule has 2 N–H and O–H groups in total. The summed E-state index contributed by atoms with van der Waals surface area (Å²) < 4.78 is 0. The number of amides is 1. The first kappa shape index (κ1) is 12.4. The summed E-state index contributed by atoms with van der Waals surface area (Å²) in [6.07, 6.45) is 4.14. The van der Waals surface area contributed by atoms with Crippen molar-refractivity contribution in [3.63, 3.8) is 0 Å². The first-order valence-corrected chi connectivity index (χ1v) is 6.57. The normalized spacial score (nSPS) is 41.2. The molecule has 17 heavy (non-hydrogen) atoms. The maximum Gasteiger partial charge on any atom is 0.237 e. The second-order valence-corrected chi connectivity index (χ2v) is 5.25. The molecule has 1 saturated carbocycles. The van der Waals surface area contributed by atoms with Crippen LogP contribution in [0.3, 0.4) is 0 Å². The number of nitrogens with zero attached hydrogens (tertiary/aromatic N) is 1. The fourth-order valence-electron chi connectivity index (χ4n) is 3.49. The Morgan fingerprint density at radius 2 is 2.29 bits per heavy atom. The van der Waals surface area contributed by atoms with Gasteiger partial charge in [-0.15, -0.1) is 0 Å². The van der Waals surface area contributed by atoms with Gasteiger partial charge in [-0.1, -0.05) is 13.3 Å². The molecule has 1 amide bonds. The SMILES string of the molecule is CCCC1C(C#N)C(=O)NC2CCCC(O)C21. The smallest absolute Gasteiger partial charge is 0.237 e. The van der Waals surface area contributed by atoms with Gasteiger partial charge in [0.2, 0.25) is 5.91 Å². The number of aliphatic hydroxyl groups is 1. The molecule has 0 bridgehead atoms. The molecule has 5 unspecified atom stereocenters. The molecule has 0 aromatic carbocycles. The van der Waals surface area contributed by atoms with Crippen molar-refractivity contribution in [2.45, 2.75) is 51.2 Å². The van der Waals surface area contributed by atoms with Gasteiger partial charge in [-0.3, -0.25) is 4.79 Å². The molecular weight excluding hydrogens is 216 g/mol. The summed E-state index contributed by atoms with van der Waals surface area (Å²) in [5.41, 5.74) is 0. The van der Waals surface area contributed by atoms with Crippen LogP contribution in [0.15, 0.2) is 0 Å². The van der Waals surface area contributed by atoms with Crippen LogP contribution in [0.1, 0.15) is 39.0 Å². The molecule has 4 heteroatoms. The zero-order valence-electron chi connectivity index (χ0n) is 10.2. The maximum atomic E-state index is 11.9. The van der Waals surface area contributed by atoms with Crippen LogP contribution in [-0.4, -0.2) is 23.2 Å². The van der Waals surface area contributed by atoms with E-state index in [1.165, 1.54) is 0 Å². The van der Waals surface area contributed by atoms with Gasteiger partial charge in [0.05, 0.1) is 12.2 Å². The minimum atomic E-state index is -0.580. The molecule has 5 atom stereocenters. The number of carbonyl (C=O) groups is 1. The highest BCUT2D eigenvalue weighted by Gasteiger charge is 2.47. The largest absolute Gasteiger partial charge is 0.393 e. The third-order valence-corrected chi connectivity index (χ3v) is 4.22. The fraction of sp³-hybridized carbons (Fsp3) is 0.846. The zero-order chi connectivity index (χ0) is 12.4. The van der Waals surface area contributed by atoms with E-state index in [0.29, 0.717) is 0 Å². The van der Waals surface area contributed by atoms with Gasteiger partial charge in [0, 0.05) is 12.0 Å². The Bertz CT molecular complexity index is 337. The standard InChI is InChI=1S/C13H20N2O2/c1-2-4-8-9(7-14)13(17)15-10-5-3-6-11(16)12(8)10/h8-12,16H,2-6H2,1H3,(H,15,17). The van der Waals surface area contributed by atoms with E-state index >= 15 is 0 Å². The minimum absolute atomic E-state index is 0.0269. The number of carbonyl (C=O) groups excluding carboxylic acids is 1. The lowest BCUT2D eigenvalue weighted by Crippen LogP contribution is -2.58. The van der Waals surface area contributed by atoms with Crippen molar-refractivity contribution in [2.24, 2.45) is 17.8 Å². The van der Waals surface area contributed by atoms with Crippen molar-refractivity contribution in [3.8, 4) is 6.07 Å². The predicted molar refractivity (Wildman–Crippen MR) is 62.8 cm³/mol. The number of hydrogen-bond donors (Lipinski definition) is 2. The van der Waals surface area contributed by atoms with E-state index in [1.807, 2.05) is 0 Å². The molecule has 0 aromatic heterocycles. The van der Waals surface area contributed by atoms with E-state index in [4.69, 9.17) is 5.26 Å². The molecule has 1 aliphatic carbocycles. The molecule has 0 spiro atoms. The van der Waals surface area contributed by atoms with Crippen LogP contribution in [0.4, 0.5) is 0 Å². The maximum absolute atomic E-state index is 11.9. The Morgan fingerprint density at radius 3 is 2.94 bits per heavy atom. The van der Waals surface area contributed by atoms with Crippen molar-refractivity contribution >= 4 is 5.91 Å². The molecule has 4 nitrogen and oxygen atoms in total. The summed E-state index contributed by atoms with van der Waals surface area (Å²) in [6.45, 7) is 2.06. The third-order valence-electron chi connectivity index (χ3n) is 4.22. The van der Waals surface area contributed by atoms with E-state index in [-0.39, 0.29) is 29.9 Å². The van der Waals surface area contributed by atoms with Gasteiger partial charge >= 0.3 is 0 Å².